The quantitative estimate of drug-likeness (QED) is 0.818. The molecular formula is C16H21N5O3. The van der Waals surface area contributed by atoms with Gasteiger partial charge in [0.25, 0.3) is 0 Å². The van der Waals surface area contributed by atoms with Gasteiger partial charge in [-0.2, -0.15) is 0 Å². The van der Waals surface area contributed by atoms with Gasteiger partial charge in [0, 0.05) is 33.0 Å². The van der Waals surface area contributed by atoms with Crippen LogP contribution in [0.2, 0.25) is 0 Å². The SMILES string of the molecule is CC(=O)Nc1ccc(NC(=O)C2CC(=O)N(C3CN(C)C3)C2)nc1. The molecule has 1 unspecified atom stereocenters. The number of nitrogens with one attached hydrogen (secondary N) is 2. The largest absolute Gasteiger partial charge is 0.336 e. The van der Waals surface area contributed by atoms with E-state index in [9.17, 15) is 14.4 Å². The maximum Gasteiger partial charge on any atom is 0.230 e. The summed E-state index contributed by atoms with van der Waals surface area (Å²) in [5, 5.41) is 5.35. The third kappa shape index (κ3) is 3.53. The lowest BCUT2D eigenvalue weighted by molar-refractivity contribution is -0.132. The van der Waals surface area contributed by atoms with Gasteiger partial charge in [0.05, 0.1) is 23.8 Å². The van der Waals surface area contributed by atoms with Gasteiger partial charge in [-0.25, -0.2) is 4.98 Å². The van der Waals surface area contributed by atoms with Gasteiger partial charge in [0.2, 0.25) is 17.7 Å². The number of nitrogens with zero attached hydrogens (tertiary/aromatic N) is 3. The van der Waals surface area contributed by atoms with E-state index in [-0.39, 0.29) is 36.1 Å². The summed E-state index contributed by atoms with van der Waals surface area (Å²) in [5.41, 5.74) is 0.567. The van der Waals surface area contributed by atoms with Gasteiger partial charge in [-0.3, -0.25) is 14.4 Å². The third-order valence-corrected chi connectivity index (χ3v) is 4.35. The lowest BCUT2D eigenvalue weighted by Gasteiger charge is -2.42. The molecule has 2 fully saturated rings. The Kier molecular flexibility index (Phi) is 4.48. The molecule has 2 N–H and O–H groups in total. The maximum atomic E-state index is 12.4. The minimum Gasteiger partial charge on any atom is -0.336 e. The summed E-state index contributed by atoms with van der Waals surface area (Å²) in [5.74, 6) is -0.274. The molecule has 1 aromatic rings. The van der Waals surface area contributed by atoms with Crippen molar-refractivity contribution in [2.75, 3.05) is 37.3 Å². The summed E-state index contributed by atoms with van der Waals surface area (Å²) in [4.78, 5) is 43.5. The molecule has 0 spiro atoms. The van der Waals surface area contributed by atoms with Crippen molar-refractivity contribution in [3.05, 3.63) is 18.3 Å². The molecule has 24 heavy (non-hydrogen) atoms. The van der Waals surface area contributed by atoms with Crippen molar-refractivity contribution in [1.82, 2.24) is 14.8 Å². The van der Waals surface area contributed by atoms with Crippen molar-refractivity contribution in [3.63, 3.8) is 0 Å². The summed E-state index contributed by atoms with van der Waals surface area (Å²) in [6.07, 6.45) is 1.73. The van der Waals surface area contributed by atoms with Crippen molar-refractivity contribution < 1.29 is 14.4 Å². The molecule has 1 atom stereocenters. The fourth-order valence-corrected chi connectivity index (χ4v) is 3.10. The molecule has 128 valence electrons. The van der Waals surface area contributed by atoms with Crippen LogP contribution in [0.25, 0.3) is 0 Å². The zero-order chi connectivity index (χ0) is 17.3. The molecular weight excluding hydrogens is 310 g/mol. The van der Waals surface area contributed by atoms with Gasteiger partial charge in [-0.05, 0) is 19.2 Å². The van der Waals surface area contributed by atoms with Crippen LogP contribution >= 0.6 is 0 Å². The van der Waals surface area contributed by atoms with Crippen LogP contribution in [0, 0.1) is 5.92 Å². The van der Waals surface area contributed by atoms with Crippen LogP contribution < -0.4 is 10.6 Å². The van der Waals surface area contributed by atoms with E-state index in [0.29, 0.717) is 18.1 Å². The summed E-state index contributed by atoms with van der Waals surface area (Å²) in [7, 11) is 2.01. The fraction of sp³-hybridized carbons (Fsp3) is 0.500. The lowest BCUT2D eigenvalue weighted by atomic mass is 10.1. The Balaban J connectivity index is 1.55. The van der Waals surface area contributed by atoms with E-state index in [0.717, 1.165) is 13.1 Å². The molecule has 2 aliphatic heterocycles. The molecule has 0 bridgehead atoms. The molecule has 0 radical (unpaired) electrons. The minimum absolute atomic E-state index is 0.0437. The molecule has 0 aliphatic carbocycles. The van der Waals surface area contributed by atoms with E-state index in [1.807, 2.05) is 11.9 Å². The Bertz CT molecular complexity index is 654. The smallest absolute Gasteiger partial charge is 0.230 e. The van der Waals surface area contributed by atoms with Crippen molar-refractivity contribution in [2.24, 2.45) is 5.92 Å². The van der Waals surface area contributed by atoms with E-state index >= 15 is 0 Å². The molecule has 8 nitrogen and oxygen atoms in total. The van der Waals surface area contributed by atoms with Crippen LogP contribution in [0.4, 0.5) is 11.5 Å². The number of rotatable bonds is 4. The molecule has 0 aromatic carbocycles. The van der Waals surface area contributed by atoms with E-state index < -0.39 is 0 Å². The fourth-order valence-electron chi connectivity index (χ4n) is 3.10. The van der Waals surface area contributed by atoms with Crippen molar-refractivity contribution in [3.8, 4) is 0 Å². The first-order chi connectivity index (χ1) is 11.4. The van der Waals surface area contributed by atoms with Crippen LogP contribution in [0.15, 0.2) is 18.3 Å². The summed E-state index contributed by atoms with van der Waals surface area (Å²) in [6, 6.07) is 3.52. The van der Waals surface area contributed by atoms with E-state index in [2.05, 4.69) is 20.5 Å². The van der Waals surface area contributed by atoms with Gasteiger partial charge >= 0.3 is 0 Å². The average molecular weight is 331 g/mol. The topological polar surface area (TPSA) is 94.6 Å². The average Bonchev–Trinajstić information content (AvgIpc) is 2.87. The van der Waals surface area contributed by atoms with Gasteiger partial charge in [0.15, 0.2) is 0 Å². The molecule has 0 saturated carbocycles. The summed E-state index contributed by atoms with van der Waals surface area (Å²) in [6.45, 7) is 3.62. The Labute approximate surface area is 140 Å². The normalized spacial score (nSPS) is 21.5. The van der Waals surface area contributed by atoms with Gasteiger partial charge in [-0.1, -0.05) is 0 Å². The van der Waals surface area contributed by atoms with Crippen LogP contribution in [-0.2, 0) is 14.4 Å². The highest BCUT2D eigenvalue weighted by Gasteiger charge is 2.41. The predicted octanol–water partition coefficient (Wildman–Crippen LogP) is 0.141. The number of pyridine rings is 1. The number of amides is 3. The van der Waals surface area contributed by atoms with Gasteiger partial charge in [0.1, 0.15) is 5.82 Å². The number of likely N-dealkylation sites (N-methyl/N-ethyl adjacent to an activating group) is 1. The van der Waals surface area contributed by atoms with Gasteiger partial charge in [-0.15, -0.1) is 0 Å². The summed E-state index contributed by atoms with van der Waals surface area (Å²) >= 11 is 0. The standard InChI is InChI=1S/C16H21N5O3/c1-10(22)18-12-3-4-14(17-6-12)19-16(24)11-5-15(23)21(7-11)13-8-20(2)9-13/h3-4,6,11,13H,5,7-9H2,1-2H3,(H,18,22)(H,17,19,24). The van der Waals surface area contributed by atoms with Crippen molar-refractivity contribution in [1.29, 1.82) is 0 Å². The number of anilines is 2. The summed E-state index contributed by atoms with van der Waals surface area (Å²) < 4.78 is 0. The highest BCUT2D eigenvalue weighted by molar-refractivity contribution is 5.97. The van der Waals surface area contributed by atoms with Crippen LogP contribution in [0.3, 0.4) is 0 Å². The number of aromatic nitrogens is 1. The highest BCUT2D eigenvalue weighted by Crippen LogP contribution is 2.25. The first kappa shape index (κ1) is 16.4. The second-order valence-electron chi connectivity index (χ2n) is 6.42. The molecule has 3 amide bonds. The molecule has 1 aromatic heterocycles. The molecule has 8 heteroatoms. The Morgan fingerprint density at radius 2 is 1.96 bits per heavy atom. The van der Waals surface area contributed by atoms with E-state index in [4.69, 9.17) is 0 Å². The van der Waals surface area contributed by atoms with E-state index in [1.165, 1.54) is 13.1 Å². The second-order valence-corrected chi connectivity index (χ2v) is 6.42. The maximum absolute atomic E-state index is 12.4. The van der Waals surface area contributed by atoms with Crippen LogP contribution in [0.1, 0.15) is 13.3 Å². The number of carbonyl (C=O) groups is 3. The molecule has 3 rings (SSSR count). The third-order valence-electron chi connectivity index (χ3n) is 4.35. The van der Waals surface area contributed by atoms with Crippen molar-refractivity contribution in [2.45, 2.75) is 19.4 Å². The monoisotopic (exact) mass is 331 g/mol. The number of hydrogen-bond donors (Lipinski definition) is 2. The van der Waals surface area contributed by atoms with Crippen LogP contribution in [0.5, 0.6) is 0 Å². The Morgan fingerprint density at radius 3 is 2.54 bits per heavy atom. The number of likely N-dealkylation sites (tertiary alicyclic amines) is 2. The molecule has 2 saturated heterocycles. The number of hydrogen-bond acceptors (Lipinski definition) is 5. The first-order valence-electron chi connectivity index (χ1n) is 7.95. The van der Waals surface area contributed by atoms with Crippen LogP contribution in [-0.4, -0.2) is 65.2 Å². The predicted molar refractivity (Wildman–Crippen MR) is 88.3 cm³/mol. The molecule has 2 aliphatic rings. The van der Waals surface area contributed by atoms with Crippen molar-refractivity contribution >= 4 is 29.2 Å². The lowest BCUT2D eigenvalue weighted by Crippen LogP contribution is -2.58. The highest BCUT2D eigenvalue weighted by atomic mass is 16.2. The van der Waals surface area contributed by atoms with Gasteiger partial charge < -0.3 is 20.4 Å². The second kappa shape index (κ2) is 6.56. The number of carbonyl (C=O) groups excluding carboxylic acids is 3. The zero-order valence-electron chi connectivity index (χ0n) is 13.8. The Morgan fingerprint density at radius 1 is 1.21 bits per heavy atom. The zero-order valence-corrected chi connectivity index (χ0v) is 13.8. The first-order valence-corrected chi connectivity index (χ1v) is 7.95. The molecule has 3 heterocycles. The Hall–Kier alpha value is -2.48. The van der Waals surface area contributed by atoms with E-state index in [1.54, 1.807) is 12.1 Å². The minimum atomic E-state index is -0.347.